The maximum absolute atomic E-state index is 12.9. The van der Waals surface area contributed by atoms with Gasteiger partial charge in [-0.15, -0.1) is 0 Å². The number of rotatable bonds is 2. The average Bonchev–Trinajstić information content (AvgIpc) is 3.08. The molecule has 6 nitrogen and oxygen atoms in total. The van der Waals surface area contributed by atoms with Gasteiger partial charge in [-0.1, -0.05) is 0 Å². The van der Waals surface area contributed by atoms with Crippen molar-refractivity contribution in [1.29, 1.82) is 0 Å². The van der Waals surface area contributed by atoms with Crippen molar-refractivity contribution in [2.24, 2.45) is 0 Å². The van der Waals surface area contributed by atoms with Crippen LogP contribution in [0, 0.1) is 0 Å². The van der Waals surface area contributed by atoms with Crippen LogP contribution in [-0.4, -0.2) is 30.6 Å². The largest absolute Gasteiger partial charge is 0.486 e. The summed E-state index contributed by atoms with van der Waals surface area (Å²) in [5.74, 6) is -0.605. The Morgan fingerprint density at radius 1 is 1.08 bits per heavy atom. The third kappa shape index (κ3) is 2.34. The quantitative estimate of drug-likeness (QED) is 0.566. The molecule has 2 aliphatic rings. The number of ether oxygens (including phenoxy) is 2. The summed E-state index contributed by atoms with van der Waals surface area (Å²) >= 11 is 3.25. The maximum atomic E-state index is 12.9. The van der Waals surface area contributed by atoms with Gasteiger partial charge in [0, 0.05) is 11.1 Å². The standard InChI is InChI=1S/C18H11BrO6/c1-8-14(19)18-13(17(22)15(8)20)10(7-25-18)16(21)9-2-3-11-12(6-9)24-5-4-23-11/h2-3,6-7H,4-5H2,1H3. The smallest absolute Gasteiger partial charge is 0.237 e. The molecule has 0 saturated carbocycles. The highest BCUT2D eigenvalue weighted by Crippen LogP contribution is 2.38. The van der Waals surface area contributed by atoms with E-state index in [9.17, 15) is 14.4 Å². The zero-order valence-corrected chi connectivity index (χ0v) is 14.6. The molecule has 0 fully saturated rings. The monoisotopic (exact) mass is 402 g/mol. The first-order chi connectivity index (χ1) is 12.0. The van der Waals surface area contributed by atoms with Crippen molar-refractivity contribution in [3.05, 3.63) is 52.5 Å². The fourth-order valence-corrected chi connectivity index (χ4v) is 3.28. The van der Waals surface area contributed by atoms with E-state index in [0.29, 0.717) is 34.8 Å². The number of fused-ring (bicyclic) bond motifs is 2. The number of hydrogen-bond donors (Lipinski definition) is 0. The van der Waals surface area contributed by atoms with Gasteiger partial charge >= 0.3 is 0 Å². The highest BCUT2D eigenvalue weighted by atomic mass is 79.9. The second-order valence-corrected chi connectivity index (χ2v) is 6.43. The molecule has 1 aromatic heterocycles. The molecule has 1 aliphatic heterocycles. The Morgan fingerprint density at radius 2 is 1.80 bits per heavy atom. The van der Waals surface area contributed by atoms with Gasteiger partial charge in [0.25, 0.3) is 0 Å². The second-order valence-electron chi connectivity index (χ2n) is 5.64. The Hall–Kier alpha value is -2.67. The molecule has 0 unspecified atom stereocenters. The van der Waals surface area contributed by atoms with E-state index in [1.54, 1.807) is 18.2 Å². The molecule has 25 heavy (non-hydrogen) atoms. The van der Waals surface area contributed by atoms with Gasteiger partial charge in [0.1, 0.15) is 19.5 Å². The Balaban J connectivity index is 1.80. The first kappa shape index (κ1) is 15.8. The van der Waals surface area contributed by atoms with Gasteiger partial charge in [-0.25, -0.2) is 0 Å². The molecule has 1 aromatic carbocycles. The molecule has 0 atom stereocenters. The molecule has 2 aromatic rings. The van der Waals surface area contributed by atoms with Gasteiger partial charge < -0.3 is 13.9 Å². The van der Waals surface area contributed by atoms with E-state index >= 15 is 0 Å². The van der Waals surface area contributed by atoms with Crippen molar-refractivity contribution in [2.45, 2.75) is 6.92 Å². The summed E-state index contributed by atoms with van der Waals surface area (Å²) in [4.78, 5) is 37.3. The summed E-state index contributed by atoms with van der Waals surface area (Å²) in [7, 11) is 0. The van der Waals surface area contributed by atoms with Crippen molar-refractivity contribution >= 4 is 37.8 Å². The molecule has 7 heteroatoms. The van der Waals surface area contributed by atoms with E-state index in [2.05, 4.69) is 15.9 Å². The van der Waals surface area contributed by atoms with E-state index in [1.807, 2.05) is 0 Å². The van der Waals surface area contributed by atoms with Crippen LogP contribution in [0.1, 0.15) is 39.0 Å². The summed E-state index contributed by atoms with van der Waals surface area (Å²) in [5.41, 5.74) is 0.609. The Labute approximate surface area is 150 Å². The van der Waals surface area contributed by atoms with Gasteiger partial charge in [-0.3, -0.25) is 14.4 Å². The minimum Gasteiger partial charge on any atom is -0.486 e. The number of carbonyl (C=O) groups excluding carboxylic acids is 3. The highest BCUT2D eigenvalue weighted by Gasteiger charge is 2.36. The minimum absolute atomic E-state index is 0.0117. The molecular weight excluding hydrogens is 392 g/mol. The van der Waals surface area contributed by atoms with Crippen molar-refractivity contribution in [1.82, 2.24) is 0 Å². The molecular formula is C18H11BrO6. The van der Waals surface area contributed by atoms with E-state index in [0.717, 1.165) is 0 Å². The van der Waals surface area contributed by atoms with Crippen LogP contribution in [0.25, 0.3) is 4.48 Å². The maximum Gasteiger partial charge on any atom is 0.237 e. The molecule has 126 valence electrons. The van der Waals surface area contributed by atoms with Gasteiger partial charge in [-0.2, -0.15) is 0 Å². The lowest BCUT2D eigenvalue weighted by atomic mass is 9.90. The van der Waals surface area contributed by atoms with Crippen molar-refractivity contribution in [3.8, 4) is 11.5 Å². The van der Waals surface area contributed by atoms with Gasteiger partial charge in [0.15, 0.2) is 23.0 Å². The topological polar surface area (TPSA) is 82.8 Å². The van der Waals surface area contributed by atoms with Crippen LogP contribution < -0.4 is 9.47 Å². The third-order valence-corrected chi connectivity index (χ3v) is 5.10. The first-order valence-corrected chi connectivity index (χ1v) is 8.30. The van der Waals surface area contributed by atoms with E-state index in [4.69, 9.17) is 13.9 Å². The second kappa shape index (κ2) is 5.70. The number of allylic oxidation sites excluding steroid dienone is 1. The lowest BCUT2D eigenvalue weighted by Crippen LogP contribution is -2.23. The predicted molar refractivity (Wildman–Crippen MR) is 90.4 cm³/mol. The van der Waals surface area contributed by atoms with Crippen LogP contribution in [0.2, 0.25) is 0 Å². The van der Waals surface area contributed by atoms with Crippen LogP contribution in [0.3, 0.4) is 0 Å². The molecule has 2 heterocycles. The summed E-state index contributed by atoms with van der Waals surface area (Å²) in [5, 5.41) is 0. The van der Waals surface area contributed by atoms with Crippen LogP contribution in [-0.2, 0) is 4.79 Å². The number of halogens is 1. The number of carbonyl (C=O) groups is 3. The molecule has 0 saturated heterocycles. The lowest BCUT2D eigenvalue weighted by molar-refractivity contribution is -0.111. The number of furan rings is 1. The number of Topliss-reactive ketones (excluding diaryl/α,β-unsaturated/α-hetero) is 2. The number of hydrogen-bond acceptors (Lipinski definition) is 6. The number of ketones is 3. The summed E-state index contributed by atoms with van der Waals surface area (Å²) in [6.07, 6.45) is 1.20. The van der Waals surface area contributed by atoms with Crippen LogP contribution in [0.4, 0.5) is 0 Å². The van der Waals surface area contributed by atoms with Gasteiger partial charge in [0.05, 0.1) is 15.6 Å². The SMILES string of the molecule is CC1=C(Br)c2occ(C(=O)c3ccc4c(c3)OCCO4)c2C(=O)C1=O. The van der Waals surface area contributed by atoms with E-state index in [1.165, 1.54) is 13.2 Å². The fourth-order valence-electron chi connectivity index (χ4n) is 2.81. The molecule has 0 radical (unpaired) electrons. The third-order valence-electron chi connectivity index (χ3n) is 4.14. The Kier molecular flexibility index (Phi) is 3.61. The number of benzene rings is 1. The first-order valence-electron chi connectivity index (χ1n) is 7.50. The molecule has 0 N–H and O–H groups in total. The average molecular weight is 403 g/mol. The zero-order chi connectivity index (χ0) is 17.7. The van der Waals surface area contributed by atoms with E-state index < -0.39 is 17.3 Å². The van der Waals surface area contributed by atoms with E-state index in [-0.39, 0.29) is 22.5 Å². The van der Waals surface area contributed by atoms with Crippen molar-refractivity contribution in [3.63, 3.8) is 0 Å². The fraction of sp³-hybridized carbons (Fsp3) is 0.167. The van der Waals surface area contributed by atoms with Gasteiger partial charge in [-0.05, 0) is 41.1 Å². The Morgan fingerprint density at radius 3 is 2.56 bits per heavy atom. The molecule has 1 aliphatic carbocycles. The molecule has 0 bridgehead atoms. The van der Waals surface area contributed by atoms with Crippen LogP contribution >= 0.6 is 15.9 Å². The predicted octanol–water partition coefficient (Wildman–Crippen LogP) is 3.17. The Bertz CT molecular complexity index is 981. The van der Waals surface area contributed by atoms with Gasteiger partial charge in [0.2, 0.25) is 11.6 Å². The lowest BCUT2D eigenvalue weighted by Gasteiger charge is -2.18. The van der Waals surface area contributed by atoms with Crippen LogP contribution in [0.5, 0.6) is 11.5 Å². The molecule has 0 spiro atoms. The van der Waals surface area contributed by atoms with Crippen LogP contribution in [0.15, 0.2) is 34.5 Å². The minimum atomic E-state index is -0.745. The molecule has 4 rings (SSSR count). The molecule has 0 amide bonds. The van der Waals surface area contributed by atoms with Crippen molar-refractivity contribution in [2.75, 3.05) is 13.2 Å². The zero-order valence-electron chi connectivity index (χ0n) is 13.1. The summed E-state index contributed by atoms with van der Waals surface area (Å²) in [6.45, 7) is 2.37. The highest BCUT2D eigenvalue weighted by molar-refractivity contribution is 9.15. The normalized spacial score (nSPS) is 16.1. The summed E-state index contributed by atoms with van der Waals surface area (Å²) in [6, 6.07) is 4.78. The summed E-state index contributed by atoms with van der Waals surface area (Å²) < 4.78 is 16.7. The van der Waals surface area contributed by atoms with Crippen molar-refractivity contribution < 1.29 is 28.3 Å².